The molecule has 30 heavy (non-hydrogen) atoms. The average molecular weight is 430 g/mol. The van der Waals surface area contributed by atoms with E-state index in [2.05, 4.69) is 21.6 Å². The second kappa shape index (κ2) is 7.97. The minimum atomic E-state index is -5.09. The van der Waals surface area contributed by atoms with Crippen LogP contribution in [0.1, 0.15) is 0 Å². The molecule has 1 atom stereocenters. The molecule has 13 heteroatoms. The van der Waals surface area contributed by atoms with Crippen molar-refractivity contribution in [2.45, 2.75) is 18.8 Å². The summed E-state index contributed by atoms with van der Waals surface area (Å²) >= 11 is 0. The molecular formula is C17H21F3N6O4. The Morgan fingerprint density at radius 1 is 1.33 bits per heavy atom. The minimum absolute atomic E-state index is 0.143. The lowest BCUT2D eigenvalue weighted by Gasteiger charge is -2.36. The Morgan fingerprint density at radius 3 is 2.67 bits per heavy atom. The number of ether oxygens (including phenoxy) is 1. The van der Waals surface area contributed by atoms with Crippen molar-refractivity contribution < 1.29 is 22.7 Å². The van der Waals surface area contributed by atoms with Crippen LogP contribution in [0, 0.1) is 0 Å². The van der Waals surface area contributed by atoms with Crippen molar-refractivity contribution in [2.75, 3.05) is 31.1 Å². The molecule has 0 saturated carbocycles. The van der Waals surface area contributed by atoms with E-state index in [4.69, 9.17) is 0 Å². The fourth-order valence-electron chi connectivity index (χ4n) is 3.38. The van der Waals surface area contributed by atoms with Gasteiger partial charge < -0.3 is 19.5 Å². The normalized spacial score (nSPS) is 17.4. The standard InChI is InChI=1S/C17H21F3N6O4/c1-4-6-26-11-12(23(2)16(29)24(3)13(11)27)22-15(26)25-7-5-21-8-10(25)9-30-14(28)17(18,19)20/h4,10,21H,1,5-9H2,2-3H3. The number of imidazole rings is 1. The highest BCUT2D eigenvalue weighted by Crippen LogP contribution is 2.23. The Balaban J connectivity index is 2.08. The quantitative estimate of drug-likeness (QED) is 0.504. The van der Waals surface area contributed by atoms with Crippen LogP contribution < -0.4 is 21.5 Å². The Hall–Kier alpha value is -3.09. The van der Waals surface area contributed by atoms with Crippen LogP contribution in [0.2, 0.25) is 0 Å². The summed E-state index contributed by atoms with van der Waals surface area (Å²) in [4.78, 5) is 42.2. The zero-order valence-electron chi connectivity index (χ0n) is 16.4. The number of hydrogen-bond donors (Lipinski definition) is 1. The summed E-state index contributed by atoms with van der Waals surface area (Å²) in [5.74, 6) is -2.00. The van der Waals surface area contributed by atoms with E-state index in [0.717, 1.165) is 4.57 Å². The van der Waals surface area contributed by atoms with Crippen LogP contribution in [0.25, 0.3) is 11.2 Å². The molecule has 164 valence electrons. The predicted octanol–water partition coefficient (Wildman–Crippen LogP) is -0.497. The first-order valence-corrected chi connectivity index (χ1v) is 9.06. The number of rotatable bonds is 5. The summed E-state index contributed by atoms with van der Waals surface area (Å²) < 4.78 is 45.6. The van der Waals surface area contributed by atoms with Gasteiger partial charge in [-0.1, -0.05) is 6.08 Å². The van der Waals surface area contributed by atoms with Gasteiger partial charge in [0.2, 0.25) is 5.95 Å². The van der Waals surface area contributed by atoms with Gasteiger partial charge in [-0.2, -0.15) is 18.2 Å². The smallest absolute Gasteiger partial charge is 0.457 e. The van der Waals surface area contributed by atoms with Gasteiger partial charge in [0.25, 0.3) is 5.56 Å². The molecule has 1 saturated heterocycles. The summed E-state index contributed by atoms with van der Waals surface area (Å²) in [5, 5.41) is 3.03. The number of esters is 1. The lowest BCUT2D eigenvalue weighted by molar-refractivity contribution is -0.200. The fraction of sp³-hybridized carbons (Fsp3) is 0.529. The van der Waals surface area contributed by atoms with Crippen LogP contribution in [0.15, 0.2) is 22.2 Å². The number of nitrogens with one attached hydrogen (secondary N) is 1. The van der Waals surface area contributed by atoms with Gasteiger partial charge in [0.1, 0.15) is 6.61 Å². The molecule has 0 bridgehead atoms. The van der Waals surface area contributed by atoms with Gasteiger partial charge in [-0.05, 0) is 0 Å². The van der Waals surface area contributed by atoms with Crippen molar-refractivity contribution in [3.05, 3.63) is 33.5 Å². The predicted molar refractivity (Wildman–Crippen MR) is 101 cm³/mol. The zero-order chi connectivity index (χ0) is 22.2. The number of carbonyl (C=O) groups is 1. The molecule has 0 radical (unpaired) electrons. The summed E-state index contributed by atoms with van der Waals surface area (Å²) in [5.41, 5.74) is -0.800. The summed E-state index contributed by atoms with van der Waals surface area (Å²) in [6, 6.07) is -0.661. The van der Waals surface area contributed by atoms with Crippen molar-refractivity contribution in [2.24, 2.45) is 14.1 Å². The maximum atomic E-state index is 12.7. The number of aryl methyl sites for hydroxylation is 1. The van der Waals surface area contributed by atoms with Crippen LogP contribution in [0.3, 0.4) is 0 Å². The van der Waals surface area contributed by atoms with E-state index in [1.165, 1.54) is 24.7 Å². The van der Waals surface area contributed by atoms with Gasteiger partial charge in [0, 0.05) is 40.3 Å². The lowest BCUT2D eigenvalue weighted by atomic mass is 10.2. The first-order valence-electron chi connectivity index (χ1n) is 9.06. The van der Waals surface area contributed by atoms with Gasteiger partial charge in [-0.25, -0.2) is 9.59 Å². The Kier molecular flexibility index (Phi) is 5.74. The van der Waals surface area contributed by atoms with E-state index >= 15 is 0 Å². The first kappa shape index (κ1) is 21.6. The molecular weight excluding hydrogens is 409 g/mol. The van der Waals surface area contributed by atoms with Crippen molar-refractivity contribution in [3.8, 4) is 0 Å². The monoisotopic (exact) mass is 430 g/mol. The first-order chi connectivity index (χ1) is 14.1. The summed E-state index contributed by atoms with van der Waals surface area (Å²) in [6.45, 7) is 4.40. The number of alkyl halides is 3. The molecule has 10 nitrogen and oxygen atoms in total. The van der Waals surface area contributed by atoms with E-state index in [0.29, 0.717) is 13.1 Å². The van der Waals surface area contributed by atoms with Gasteiger partial charge >= 0.3 is 17.8 Å². The minimum Gasteiger partial charge on any atom is -0.457 e. The average Bonchev–Trinajstić information content (AvgIpc) is 3.08. The molecule has 2 aromatic rings. The lowest BCUT2D eigenvalue weighted by Crippen LogP contribution is -2.54. The van der Waals surface area contributed by atoms with Crippen molar-refractivity contribution in [1.29, 1.82) is 0 Å². The van der Waals surface area contributed by atoms with Crippen LogP contribution in [0.5, 0.6) is 0 Å². The number of piperazine rings is 1. The van der Waals surface area contributed by atoms with E-state index in [-0.39, 0.29) is 30.2 Å². The fourth-order valence-corrected chi connectivity index (χ4v) is 3.38. The molecule has 3 rings (SSSR count). The van der Waals surface area contributed by atoms with Crippen molar-refractivity contribution in [3.63, 3.8) is 0 Å². The SMILES string of the molecule is C=CCn1c(N2CCNCC2COC(=O)C(F)(F)F)nc2c1c(=O)n(C)c(=O)n2C. The second-order valence-corrected chi connectivity index (χ2v) is 6.84. The van der Waals surface area contributed by atoms with E-state index < -0.39 is 36.0 Å². The van der Waals surface area contributed by atoms with Crippen molar-refractivity contribution >= 4 is 23.1 Å². The third-order valence-electron chi connectivity index (χ3n) is 4.88. The van der Waals surface area contributed by atoms with E-state index in [9.17, 15) is 27.6 Å². The molecule has 1 N–H and O–H groups in total. The largest absolute Gasteiger partial charge is 0.490 e. The molecule has 1 aliphatic rings. The van der Waals surface area contributed by atoms with Gasteiger partial charge in [0.15, 0.2) is 11.2 Å². The highest BCUT2D eigenvalue weighted by atomic mass is 19.4. The molecule has 1 aliphatic heterocycles. The molecule has 0 aliphatic carbocycles. The molecule has 1 fully saturated rings. The Morgan fingerprint density at radius 2 is 2.03 bits per heavy atom. The number of nitrogens with zero attached hydrogens (tertiary/aromatic N) is 5. The number of anilines is 1. The topological polar surface area (TPSA) is 103 Å². The van der Waals surface area contributed by atoms with E-state index in [1.54, 1.807) is 9.47 Å². The van der Waals surface area contributed by atoms with Crippen LogP contribution in [-0.4, -0.2) is 63.1 Å². The summed E-state index contributed by atoms with van der Waals surface area (Å²) in [7, 11) is 2.82. The maximum Gasteiger partial charge on any atom is 0.490 e. The highest BCUT2D eigenvalue weighted by Gasteiger charge is 2.42. The Bertz CT molecular complexity index is 1100. The van der Waals surface area contributed by atoms with Gasteiger partial charge in [-0.15, -0.1) is 6.58 Å². The molecule has 0 spiro atoms. The van der Waals surface area contributed by atoms with Crippen LogP contribution >= 0.6 is 0 Å². The number of allylic oxidation sites excluding steroid dienone is 1. The Labute approximate surface area is 168 Å². The highest BCUT2D eigenvalue weighted by molar-refractivity contribution is 5.76. The number of hydrogen-bond acceptors (Lipinski definition) is 7. The van der Waals surface area contributed by atoms with Crippen molar-refractivity contribution in [1.82, 2.24) is 24.0 Å². The van der Waals surface area contributed by atoms with E-state index in [1.807, 2.05) is 0 Å². The van der Waals surface area contributed by atoms with Crippen LogP contribution in [-0.2, 0) is 30.2 Å². The molecule has 0 aromatic carbocycles. The molecule has 2 aromatic heterocycles. The number of carbonyl (C=O) groups excluding carboxylic acids is 1. The third kappa shape index (κ3) is 3.72. The van der Waals surface area contributed by atoms with Gasteiger partial charge in [-0.3, -0.25) is 13.9 Å². The molecule has 3 heterocycles. The van der Waals surface area contributed by atoms with Gasteiger partial charge in [0.05, 0.1) is 6.04 Å². The van der Waals surface area contributed by atoms with Crippen LogP contribution in [0.4, 0.5) is 19.1 Å². The number of fused-ring (bicyclic) bond motifs is 1. The molecule has 0 amide bonds. The molecule has 1 unspecified atom stereocenters. The summed E-state index contributed by atoms with van der Waals surface area (Å²) in [6.07, 6.45) is -3.55. The number of halogens is 3. The zero-order valence-corrected chi connectivity index (χ0v) is 16.4. The third-order valence-corrected chi connectivity index (χ3v) is 4.88. The number of aromatic nitrogens is 4. The second-order valence-electron chi connectivity index (χ2n) is 6.84. The maximum absolute atomic E-state index is 12.7.